The summed E-state index contributed by atoms with van der Waals surface area (Å²) < 4.78 is 5.37. The highest BCUT2D eigenvalue weighted by molar-refractivity contribution is 7.95. The highest BCUT2D eigenvalue weighted by Gasteiger charge is 2.02. The Morgan fingerprint density at radius 1 is 0.889 bits per heavy atom. The third-order valence-corrected chi connectivity index (χ3v) is 2.95. The first-order chi connectivity index (χ1) is 8.92. The fourth-order valence-electron chi connectivity index (χ4n) is 1.50. The molecule has 1 aromatic carbocycles. The second kappa shape index (κ2) is 5.01. The van der Waals surface area contributed by atoms with Gasteiger partial charge in [0.25, 0.3) is 0 Å². The normalized spacial score (nSPS) is 10.4. The lowest BCUT2D eigenvalue weighted by atomic mass is 10.2. The van der Waals surface area contributed by atoms with Crippen LogP contribution < -0.4 is 4.18 Å². The molecule has 0 fully saturated rings. The highest BCUT2D eigenvalue weighted by Crippen LogP contribution is 2.21. The van der Waals surface area contributed by atoms with E-state index in [-0.39, 0.29) is 0 Å². The molecule has 0 aliphatic carbocycles. The molecule has 5 heteroatoms. The molecule has 0 aliphatic rings. The first-order valence-electron chi connectivity index (χ1n) is 5.39. The van der Waals surface area contributed by atoms with Crippen molar-refractivity contribution >= 4 is 22.9 Å². The van der Waals surface area contributed by atoms with Crippen LogP contribution in [-0.2, 0) is 0 Å². The molecule has 0 unspecified atom stereocenters. The van der Waals surface area contributed by atoms with Gasteiger partial charge in [0.1, 0.15) is 17.1 Å². The van der Waals surface area contributed by atoms with Crippen LogP contribution in [0.4, 0.5) is 0 Å². The molecular formula is C13H9N3OS. The topological polar surface area (TPSA) is 47.9 Å². The molecule has 0 amide bonds. The molecule has 3 aromatic rings. The SMILES string of the molecule is c1cnc(OSc2ccc3ccccc3n2)nc1. The quantitative estimate of drug-likeness (QED) is 0.673. The summed E-state index contributed by atoms with van der Waals surface area (Å²) in [5, 5.41) is 1.89. The number of benzene rings is 1. The molecule has 2 aromatic heterocycles. The second-order valence-electron chi connectivity index (χ2n) is 3.54. The minimum Gasteiger partial charge on any atom is -0.382 e. The van der Waals surface area contributed by atoms with E-state index in [4.69, 9.17) is 4.18 Å². The summed E-state index contributed by atoms with van der Waals surface area (Å²) in [7, 11) is 0. The summed E-state index contributed by atoms with van der Waals surface area (Å²) in [4.78, 5) is 12.4. The Morgan fingerprint density at radius 2 is 1.72 bits per heavy atom. The Kier molecular flexibility index (Phi) is 3.06. The van der Waals surface area contributed by atoms with Crippen LogP contribution >= 0.6 is 12.0 Å². The lowest BCUT2D eigenvalue weighted by Gasteiger charge is -2.02. The van der Waals surface area contributed by atoms with Crippen molar-refractivity contribution in [2.24, 2.45) is 0 Å². The Balaban J connectivity index is 1.79. The molecule has 0 bridgehead atoms. The smallest absolute Gasteiger partial charge is 0.329 e. The molecule has 4 nitrogen and oxygen atoms in total. The van der Waals surface area contributed by atoms with Gasteiger partial charge in [0.2, 0.25) is 0 Å². The van der Waals surface area contributed by atoms with E-state index >= 15 is 0 Å². The van der Waals surface area contributed by atoms with E-state index < -0.39 is 0 Å². The number of rotatable bonds is 3. The lowest BCUT2D eigenvalue weighted by Crippen LogP contribution is -1.90. The van der Waals surface area contributed by atoms with E-state index in [1.54, 1.807) is 18.5 Å². The molecule has 88 valence electrons. The summed E-state index contributed by atoms with van der Waals surface area (Å²) in [6, 6.07) is 14.0. The molecule has 0 N–H and O–H groups in total. The number of fused-ring (bicyclic) bond motifs is 1. The maximum atomic E-state index is 5.37. The lowest BCUT2D eigenvalue weighted by molar-refractivity contribution is 0.582. The van der Waals surface area contributed by atoms with Gasteiger partial charge in [-0.15, -0.1) is 0 Å². The average molecular weight is 255 g/mol. The van der Waals surface area contributed by atoms with Crippen molar-refractivity contribution in [3.63, 3.8) is 0 Å². The molecular weight excluding hydrogens is 246 g/mol. The summed E-state index contributed by atoms with van der Waals surface area (Å²) in [5.74, 6) is 0. The maximum Gasteiger partial charge on any atom is 0.329 e. The van der Waals surface area contributed by atoms with Crippen LogP contribution in [0.15, 0.2) is 59.9 Å². The first kappa shape index (κ1) is 11.0. The number of pyridine rings is 1. The fourth-order valence-corrected chi connectivity index (χ4v) is 2.01. The van der Waals surface area contributed by atoms with Gasteiger partial charge in [-0.25, -0.2) is 15.0 Å². The summed E-state index contributed by atoms with van der Waals surface area (Å²) in [5.41, 5.74) is 0.945. The van der Waals surface area contributed by atoms with E-state index in [2.05, 4.69) is 15.0 Å². The number of hydrogen-bond donors (Lipinski definition) is 0. The van der Waals surface area contributed by atoms with Gasteiger partial charge in [-0.2, -0.15) is 0 Å². The summed E-state index contributed by atoms with van der Waals surface area (Å²) in [6.45, 7) is 0. The van der Waals surface area contributed by atoms with Crippen molar-refractivity contribution in [2.75, 3.05) is 0 Å². The van der Waals surface area contributed by atoms with E-state index in [1.165, 1.54) is 0 Å². The third-order valence-electron chi connectivity index (χ3n) is 2.32. The largest absolute Gasteiger partial charge is 0.382 e. The zero-order valence-corrected chi connectivity index (χ0v) is 10.2. The van der Waals surface area contributed by atoms with E-state index in [1.807, 2.05) is 36.4 Å². The average Bonchev–Trinajstić information content (AvgIpc) is 2.46. The van der Waals surface area contributed by atoms with Gasteiger partial charge in [-0.3, -0.25) is 0 Å². The van der Waals surface area contributed by atoms with Crippen LogP contribution in [0.25, 0.3) is 10.9 Å². The molecule has 0 atom stereocenters. The first-order valence-corrected chi connectivity index (χ1v) is 6.13. The molecule has 18 heavy (non-hydrogen) atoms. The van der Waals surface area contributed by atoms with Crippen LogP contribution in [-0.4, -0.2) is 15.0 Å². The van der Waals surface area contributed by atoms with Crippen molar-refractivity contribution in [1.82, 2.24) is 15.0 Å². The van der Waals surface area contributed by atoms with Gasteiger partial charge in [0, 0.05) is 17.8 Å². The van der Waals surface area contributed by atoms with E-state index in [0.29, 0.717) is 6.01 Å². The van der Waals surface area contributed by atoms with Gasteiger partial charge in [-0.05, 0) is 18.2 Å². The maximum absolute atomic E-state index is 5.37. The standard InChI is InChI=1S/C13H9N3OS/c1-2-5-11-10(4-1)6-7-12(16-11)18-17-13-14-8-3-9-15-13/h1-9H. The van der Waals surface area contributed by atoms with Gasteiger partial charge < -0.3 is 4.18 Å². The van der Waals surface area contributed by atoms with Crippen molar-refractivity contribution in [2.45, 2.75) is 5.03 Å². The number of nitrogens with zero attached hydrogens (tertiary/aromatic N) is 3. The zero-order valence-electron chi connectivity index (χ0n) is 9.35. The molecule has 3 rings (SSSR count). The van der Waals surface area contributed by atoms with Gasteiger partial charge >= 0.3 is 6.01 Å². The monoisotopic (exact) mass is 255 g/mol. The summed E-state index contributed by atoms with van der Waals surface area (Å²) >= 11 is 1.15. The van der Waals surface area contributed by atoms with E-state index in [0.717, 1.165) is 28.0 Å². The van der Waals surface area contributed by atoms with E-state index in [9.17, 15) is 0 Å². The molecule has 2 heterocycles. The fraction of sp³-hybridized carbons (Fsp3) is 0. The van der Waals surface area contributed by atoms with Gasteiger partial charge in [0.05, 0.1) is 5.52 Å². The Hall–Kier alpha value is -2.14. The highest BCUT2D eigenvalue weighted by atomic mass is 32.2. The van der Waals surface area contributed by atoms with Crippen molar-refractivity contribution < 1.29 is 4.18 Å². The predicted octanol–water partition coefficient (Wildman–Crippen LogP) is 3.11. The van der Waals surface area contributed by atoms with Gasteiger partial charge in [0.15, 0.2) is 0 Å². The minimum absolute atomic E-state index is 0.331. The van der Waals surface area contributed by atoms with Crippen LogP contribution in [0.5, 0.6) is 6.01 Å². The number of hydrogen-bond acceptors (Lipinski definition) is 5. The third kappa shape index (κ3) is 2.41. The van der Waals surface area contributed by atoms with Crippen molar-refractivity contribution in [3.05, 3.63) is 54.9 Å². The second-order valence-corrected chi connectivity index (χ2v) is 4.29. The van der Waals surface area contributed by atoms with Crippen LogP contribution in [0, 0.1) is 0 Å². The Labute approximate surface area is 108 Å². The molecule has 0 saturated carbocycles. The van der Waals surface area contributed by atoms with Crippen molar-refractivity contribution in [1.29, 1.82) is 0 Å². The Bertz CT molecular complexity index is 660. The molecule has 0 saturated heterocycles. The molecule has 0 aliphatic heterocycles. The van der Waals surface area contributed by atoms with Crippen molar-refractivity contribution in [3.8, 4) is 6.01 Å². The van der Waals surface area contributed by atoms with Crippen LogP contribution in [0.3, 0.4) is 0 Å². The zero-order chi connectivity index (χ0) is 12.2. The van der Waals surface area contributed by atoms with Gasteiger partial charge in [-0.1, -0.05) is 24.3 Å². The minimum atomic E-state index is 0.331. The predicted molar refractivity (Wildman–Crippen MR) is 70.3 cm³/mol. The van der Waals surface area contributed by atoms with Crippen LogP contribution in [0.1, 0.15) is 0 Å². The van der Waals surface area contributed by atoms with Crippen LogP contribution in [0.2, 0.25) is 0 Å². The number of aromatic nitrogens is 3. The molecule has 0 spiro atoms. The molecule has 0 radical (unpaired) electrons. The Morgan fingerprint density at radius 3 is 2.61 bits per heavy atom. The number of para-hydroxylation sites is 1. The summed E-state index contributed by atoms with van der Waals surface area (Å²) in [6.07, 6.45) is 3.27.